The highest BCUT2D eigenvalue weighted by Crippen LogP contribution is 2.14. The van der Waals surface area contributed by atoms with E-state index in [1.807, 2.05) is 13.8 Å². The summed E-state index contributed by atoms with van der Waals surface area (Å²) in [6, 6.07) is 6.36. The van der Waals surface area contributed by atoms with Gasteiger partial charge >= 0.3 is 0 Å². The number of nitrogen functional groups attached to an aromatic ring is 1. The van der Waals surface area contributed by atoms with Crippen molar-refractivity contribution in [3.8, 4) is 5.75 Å². The summed E-state index contributed by atoms with van der Waals surface area (Å²) in [5.74, 6) is 0.191. The average molecular weight is 264 g/mol. The van der Waals surface area contributed by atoms with Crippen LogP contribution in [-0.4, -0.2) is 24.3 Å². The van der Waals surface area contributed by atoms with Crippen molar-refractivity contribution < 1.29 is 14.3 Å². The molecular weight excluding hydrogens is 244 g/mol. The van der Waals surface area contributed by atoms with Gasteiger partial charge in [-0.1, -0.05) is 19.9 Å². The Morgan fingerprint density at radius 3 is 2.58 bits per heavy atom. The fourth-order valence-corrected chi connectivity index (χ4v) is 1.71. The number of nitrogens with two attached hydrogens (primary N) is 1. The lowest BCUT2D eigenvalue weighted by Gasteiger charge is -2.19. The minimum Gasteiger partial charge on any atom is -0.484 e. The number of carbonyl (C=O) groups is 2. The minimum absolute atomic E-state index is 0.0498. The zero-order valence-corrected chi connectivity index (χ0v) is 11.5. The maximum atomic E-state index is 11.7. The molecule has 0 fully saturated rings. The Morgan fingerprint density at radius 2 is 2.05 bits per heavy atom. The third-order valence-electron chi connectivity index (χ3n) is 2.65. The van der Waals surface area contributed by atoms with Crippen molar-refractivity contribution in [2.45, 2.75) is 26.8 Å². The van der Waals surface area contributed by atoms with Gasteiger partial charge in [-0.05, 0) is 25.0 Å². The molecule has 1 aromatic carbocycles. The summed E-state index contributed by atoms with van der Waals surface area (Å²) < 4.78 is 5.31. The van der Waals surface area contributed by atoms with Gasteiger partial charge in [0.15, 0.2) is 12.4 Å². The van der Waals surface area contributed by atoms with Crippen molar-refractivity contribution in [2.75, 3.05) is 12.3 Å². The smallest absolute Gasteiger partial charge is 0.258 e. The summed E-state index contributed by atoms with van der Waals surface area (Å²) in [6.07, 6.45) is 0. The topological polar surface area (TPSA) is 81.4 Å². The van der Waals surface area contributed by atoms with Crippen molar-refractivity contribution in [3.63, 3.8) is 0 Å². The van der Waals surface area contributed by atoms with Gasteiger partial charge in [0.1, 0.15) is 5.75 Å². The van der Waals surface area contributed by atoms with Gasteiger partial charge in [0.05, 0.1) is 6.04 Å². The standard InChI is InChI=1S/C14H20N2O3/c1-9(2)14(10(3)17)16-13(18)8-19-12-6-4-5-11(15)7-12/h4-7,9,14H,8,15H2,1-3H3,(H,16,18). The van der Waals surface area contributed by atoms with E-state index < -0.39 is 6.04 Å². The number of amides is 1. The fraction of sp³-hybridized carbons (Fsp3) is 0.429. The first-order valence-corrected chi connectivity index (χ1v) is 6.18. The average Bonchev–Trinajstić information content (AvgIpc) is 2.32. The highest BCUT2D eigenvalue weighted by molar-refractivity contribution is 5.88. The molecular formula is C14H20N2O3. The van der Waals surface area contributed by atoms with Gasteiger partial charge in [0.25, 0.3) is 5.91 Å². The van der Waals surface area contributed by atoms with E-state index in [4.69, 9.17) is 10.5 Å². The maximum Gasteiger partial charge on any atom is 0.258 e. The van der Waals surface area contributed by atoms with E-state index in [1.54, 1.807) is 24.3 Å². The number of rotatable bonds is 6. The first-order valence-electron chi connectivity index (χ1n) is 6.18. The number of nitrogens with one attached hydrogen (secondary N) is 1. The third kappa shape index (κ3) is 4.99. The van der Waals surface area contributed by atoms with Crippen LogP contribution in [0.1, 0.15) is 20.8 Å². The Hall–Kier alpha value is -2.04. The number of anilines is 1. The normalized spacial score (nSPS) is 12.0. The molecule has 0 aromatic heterocycles. The molecule has 0 bridgehead atoms. The molecule has 0 aliphatic heterocycles. The Kier molecular flexibility index (Phi) is 5.36. The van der Waals surface area contributed by atoms with Gasteiger partial charge in [-0.15, -0.1) is 0 Å². The lowest BCUT2D eigenvalue weighted by molar-refractivity contribution is -0.129. The number of carbonyl (C=O) groups excluding carboxylic acids is 2. The van der Waals surface area contributed by atoms with Gasteiger partial charge < -0.3 is 15.8 Å². The monoisotopic (exact) mass is 264 g/mol. The predicted molar refractivity (Wildman–Crippen MR) is 73.8 cm³/mol. The molecule has 1 atom stereocenters. The molecule has 1 rings (SSSR count). The van der Waals surface area contributed by atoms with E-state index >= 15 is 0 Å². The molecule has 104 valence electrons. The van der Waals surface area contributed by atoms with Crippen LogP contribution in [0.3, 0.4) is 0 Å². The molecule has 5 heteroatoms. The molecule has 1 aromatic rings. The van der Waals surface area contributed by atoms with E-state index in [0.717, 1.165) is 0 Å². The molecule has 19 heavy (non-hydrogen) atoms. The zero-order valence-electron chi connectivity index (χ0n) is 11.5. The van der Waals surface area contributed by atoms with E-state index in [1.165, 1.54) is 6.92 Å². The van der Waals surface area contributed by atoms with Crippen molar-refractivity contribution in [1.82, 2.24) is 5.32 Å². The van der Waals surface area contributed by atoms with Crippen molar-refractivity contribution in [1.29, 1.82) is 0 Å². The van der Waals surface area contributed by atoms with Crippen LogP contribution in [0.15, 0.2) is 24.3 Å². The molecule has 0 radical (unpaired) electrons. The lowest BCUT2D eigenvalue weighted by atomic mass is 10.0. The molecule has 1 amide bonds. The van der Waals surface area contributed by atoms with Crippen LogP contribution in [0.4, 0.5) is 5.69 Å². The van der Waals surface area contributed by atoms with Gasteiger partial charge in [-0.2, -0.15) is 0 Å². The minimum atomic E-state index is -0.475. The molecule has 0 saturated heterocycles. The largest absolute Gasteiger partial charge is 0.484 e. The molecule has 5 nitrogen and oxygen atoms in total. The molecule has 0 saturated carbocycles. The van der Waals surface area contributed by atoms with Gasteiger partial charge in [0.2, 0.25) is 0 Å². The second-order valence-corrected chi connectivity index (χ2v) is 4.76. The maximum absolute atomic E-state index is 11.7. The van der Waals surface area contributed by atoms with Gasteiger partial charge in [-0.3, -0.25) is 9.59 Å². The Balaban J connectivity index is 2.49. The SMILES string of the molecule is CC(=O)C(NC(=O)COc1cccc(N)c1)C(C)C. The Bertz CT molecular complexity index is 458. The quantitative estimate of drug-likeness (QED) is 0.760. The first kappa shape index (κ1) is 15.0. The van der Waals surface area contributed by atoms with Crippen LogP contribution >= 0.6 is 0 Å². The van der Waals surface area contributed by atoms with Crippen LogP contribution in [0.25, 0.3) is 0 Å². The summed E-state index contributed by atoms with van der Waals surface area (Å²) in [5.41, 5.74) is 6.17. The van der Waals surface area contributed by atoms with E-state index in [2.05, 4.69) is 5.32 Å². The highest BCUT2D eigenvalue weighted by Gasteiger charge is 2.20. The molecule has 0 spiro atoms. The summed E-state index contributed by atoms with van der Waals surface area (Å²) in [6.45, 7) is 5.08. The second kappa shape index (κ2) is 6.78. The molecule has 0 heterocycles. The predicted octanol–water partition coefficient (Wildman–Crippen LogP) is 1.38. The lowest BCUT2D eigenvalue weighted by Crippen LogP contribution is -2.45. The highest BCUT2D eigenvalue weighted by atomic mass is 16.5. The molecule has 1 unspecified atom stereocenters. The molecule has 0 aliphatic carbocycles. The van der Waals surface area contributed by atoms with Crippen LogP contribution in [0.5, 0.6) is 5.75 Å². The Labute approximate surface area is 113 Å². The van der Waals surface area contributed by atoms with Gasteiger partial charge in [0, 0.05) is 11.8 Å². The number of ketones is 1. The van der Waals surface area contributed by atoms with Gasteiger partial charge in [-0.25, -0.2) is 0 Å². The van der Waals surface area contributed by atoms with Crippen molar-refractivity contribution >= 4 is 17.4 Å². The van der Waals surface area contributed by atoms with Crippen molar-refractivity contribution in [2.24, 2.45) is 5.92 Å². The summed E-state index contributed by atoms with van der Waals surface area (Å²) >= 11 is 0. The van der Waals surface area contributed by atoms with Crippen LogP contribution in [0.2, 0.25) is 0 Å². The van der Waals surface area contributed by atoms with E-state index in [-0.39, 0.29) is 24.2 Å². The fourth-order valence-electron chi connectivity index (χ4n) is 1.71. The van der Waals surface area contributed by atoms with Crippen molar-refractivity contribution in [3.05, 3.63) is 24.3 Å². The molecule has 3 N–H and O–H groups in total. The van der Waals surface area contributed by atoms with Crippen LogP contribution in [-0.2, 0) is 9.59 Å². The number of hydrogen-bond acceptors (Lipinski definition) is 4. The number of Topliss-reactive ketones (excluding diaryl/α,β-unsaturated/α-hetero) is 1. The number of hydrogen-bond donors (Lipinski definition) is 2. The zero-order chi connectivity index (χ0) is 14.4. The van der Waals surface area contributed by atoms with E-state index in [0.29, 0.717) is 11.4 Å². The summed E-state index contributed by atoms with van der Waals surface area (Å²) in [5, 5.41) is 2.66. The van der Waals surface area contributed by atoms with E-state index in [9.17, 15) is 9.59 Å². The number of benzene rings is 1. The summed E-state index contributed by atoms with van der Waals surface area (Å²) in [7, 11) is 0. The second-order valence-electron chi connectivity index (χ2n) is 4.76. The third-order valence-corrected chi connectivity index (χ3v) is 2.65. The first-order chi connectivity index (χ1) is 8.90. The van der Waals surface area contributed by atoms with Crippen LogP contribution < -0.4 is 15.8 Å². The Morgan fingerprint density at radius 1 is 1.37 bits per heavy atom. The number of ether oxygens (including phenoxy) is 1. The molecule has 0 aliphatic rings. The van der Waals surface area contributed by atoms with Crippen LogP contribution in [0, 0.1) is 5.92 Å². The summed E-state index contributed by atoms with van der Waals surface area (Å²) in [4.78, 5) is 23.1.